The lowest BCUT2D eigenvalue weighted by atomic mass is 10.0. The van der Waals surface area contributed by atoms with Gasteiger partial charge < -0.3 is 25.8 Å². The van der Waals surface area contributed by atoms with Crippen LogP contribution in [0.2, 0.25) is 0 Å². The Morgan fingerprint density at radius 3 is 2.31 bits per heavy atom. The average molecular weight is 715 g/mol. The molecule has 4 rings (SSSR count). The number of anilines is 1. The van der Waals surface area contributed by atoms with Gasteiger partial charge in [-0.25, -0.2) is 4.79 Å². The van der Waals surface area contributed by atoms with E-state index in [2.05, 4.69) is 10.7 Å². The maximum atomic E-state index is 14.5. The predicted molar refractivity (Wildman–Crippen MR) is 202 cm³/mol. The van der Waals surface area contributed by atoms with E-state index in [9.17, 15) is 24.3 Å². The Morgan fingerprint density at radius 2 is 1.63 bits per heavy atom. The number of nitrogens with two attached hydrogens (primary N) is 1. The average Bonchev–Trinajstić information content (AvgIpc) is 3.55. The number of carbonyl (C=O) groups is 4. The van der Waals surface area contributed by atoms with Crippen molar-refractivity contribution in [3.05, 3.63) is 90.3 Å². The molecule has 0 saturated carbocycles. The molecule has 1 unspecified atom stereocenters. The first kappa shape index (κ1) is 39.8. The molecule has 3 aromatic carbocycles. The van der Waals surface area contributed by atoms with Gasteiger partial charge in [-0.1, -0.05) is 94.8 Å². The number of nitrogens with one attached hydrogen (secondary N) is 2. The Balaban J connectivity index is 1.66. The molecule has 1 aliphatic rings. The molecule has 0 saturated heterocycles. The fraction of sp³-hybridized carbons (Fsp3) is 0.450. The van der Waals surface area contributed by atoms with Crippen LogP contribution in [0.5, 0.6) is 0 Å². The molecule has 1 aliphatic heterocycles. The molecule has 52 heavy (non-hydrogen) atoms. The summed E-state index contributed by atoms with van der Waals surface area (Å²) < 4.78 is 5.53. The zero-order chi connectivity index (χ0) is 37.8. The van der Waals surface area contributed by atoms with Crippen LogP contribution < -0.4 is 21.4 Å². The lowest BCUT2D eigenvalue weighted by Crippen LogP contribution is -2.56. The molecule has 280 valence electrons. The standard InChI is InChI=1S/C40H54N6O6/c1-6-28(4)23-46(43-37(48)22-35(47)19-16-27(2)3)39(50)36(42-40(51)52-25-30-12-8-7-9-13-30)21-34-24-44(38(49)29(5)41)26-45(34)33-18-17-31-14-10-11-15-32(31)20-33/h7-15,17-18,20,24,27-29,35-36,47H,6,16,19,21-23,25-26,41H2,1-5H3,(H,42,51)(H,43,48)/t28?,29-,35-,36-/m0/s1. The Labute approximate surface area is 306 Å². The molecule has 4 amide bonds. The third kappa shape index (κ3) is 11.5. The fourth-order valence-corrected chi connectivity index (χ4v) is 5.86. The Kier molecular flexibility index (Phi) is 14.6. The van der Waals surface area contributed by atoms with Gasteiger partial charge in [-0.3, -0.25) is 29.7 Å². The normalized spacial score (nSPS) is 15.1. The molecular weight excluding hydrogens is 660 g/mol. The maximum absolute atomic E-state index is 14.5. The van der Waals surface area contributed by atoms with Crippen LogP contribution in [0.1, 0.15) is 72.3 Å². The number of alkyl carbamates (subject to hydrolysis) is 1. The molecule has 0 fully saturated rings. The van der Waals surface area contributed by atoms with Crippen molar-refractivity contribution in [3.63, 3.8) is 0 Å². The largest absolute Gasteiger partial charge is 0.445 e. The predicted octanol–water partition coefficient (Wildman–Crippen LogP) is 5.41. The number of hydrogen-bond acceptors (Lipinski definition) is 8. The van der Waals surface area contributed by atoms with Gasteiger partial charge in [-0.15, -0.1) is 0 Å². The molecular formula is C40H54N6O6. The fourth-order valence-electron chi connectivity index (χ4n) is 5.86. The van der Waals surface area contributed by atoms with Crippen LogP contribution in [0.15, 0.2) is 84.7 Å². The Morgan fingerprint density at radius 1 is 0.942 bits per heavy atom. The molecule has 0 spiro atoms. The van der Waals surface area contributed by atoms with Crippen LogP contribution in [-0.4, -0.2) is 70.2 Å². The van der Waals surface area contributed by atoms with Gasteiger partial charge in [0.1, 0.15) is 19.3 Å². The van der Waals surface area contributed by atoms with Gasteiger partial charge in [0.2, 0.25) is 11.8 Å². The highest BCUT2D eigenvalue weighted by Crippen LogP contribution is 2.31. The molecule has 5 N–H and O–H groups in total. The zero-order valence-corrected chi connectivity index (χ0v) is 31.0. The lowest BCUT2D eigenvalue weighted by Gasteiger charge is -2.31. The van der Waals surface area contributed by atoms with Crippen LogP contribution >= 0.6 is 0 Å². The highest BCUT2D eigenvalue weighted by atomic mass is 16.5. The van der Waals surface area contributed by atoms with E-state index >= 15 is 0 Å². The first-order valence-electron chi connectivity index (χ1n) is 18.1. The van der Waals surface area contributed by atoms with Crippen molar-refractivity contribution in [3.8, 4) is 0 Å². The molecule has 0 aromatic heterocycles. The molecule has 3 aromatic rings. The van der Waals surface area contributed by atoms with Crippen LogP contribution in [0.4, 0.5) is 10.5 Å². The molecule has 0 bridgehead atoms. The monoisotopic (exact) mass is 714 g/mol. The number of fused-ring (bicyclic) bond motifs is 1. The number of carbonyl (C=O) groups excluding carboxylic acids is 4. The number of aliphatic hydroxyl groups is 1. The Bertz CT molecular complexity index is 1700. The highest BCUT2D eigenvalue weighted by Gasteiger charge is 2.35. The number of hydrogen-bond donors (Lipinski definition) is 4. The van der Waals surface area contributed by atoms with E-state index in [0.717, 1.165) is 34.9 Å². The summed E-state index contributed by atoms with van der Waals surface area (Å²) >= 11 is 0. The van der Waals surface area contributed by atoms with Crippen molar-refractivity contribution in [2.75, 3.05) is 18.1 Å². The third-order valence-electron chi connectivity index (χ3n) is 9.09. The molecule has 12 heteroatoms. The molecule has 4 atom stereocenters. The number of amides is 4. The minimum Gasteiger partial charge on any atom is -0.445 e. The van der Waals surface area contributed by atoms with Gasteiger partial charge in [-0.05, 0) is 60.1 Å². The number of benzene rings is 3. The van der Waals surface area contributed by atoms with Crippen molar-refractivity contribution < 1.29 is 29.0 Å². The quantitative estimate of drug-likeness (QED) is 0.144. The van der Waals surface area contributed by atoms with Gasteiger partial charge in [0.25, 0.3) is 5.91 Å². The van der Waals surface area contributed by atoms with E-state index in [0.29, 0.717) is 18.0 Å². The minimum absolute atomic E-state index is 0.000235. The van der Waals surface area contributed by atoms with Crippen LogP contribution in [0, 0.1) is 11.8 Å². The van der Waals surface area contributed by atoms with Crippen molar-refractivity contribution in [1.82, 2.24) is 20.7 Å². The van der Waals surface area contributed by atoms with E-state index in [1.807, 2.05) is 105 Å². The zero-order valence-electron chi connectivity index (χ0n) is 31.0. The van der Waals surface area contributed by atoms with E-state index in [1.54, 1.807) is 13.1 Å². The summed E-state index contributed by atoms with van der Waals surface area (Å²) in [6.45, 7) is 9.94. The van der Waals surface area contributed by atoms with E-state index < -0.39 is 36.1 Å². The van der Waals surface area contributed by atoms with Crippen molar-refractivity contribution in [2.24, 2.45) is 17.6 Å². The van der Waals surface area contributed by atoms with E-state index in [4.69, 9.17) is 10.5 Å². The second kappa shape index (κ2) is 19.1. The summed E-state index contributed by atoms with van der Waals surface area (Å²) in [7, 11) is 0. The molecule has 0 radical (unpaired) electrons. The molecule has 1 heterocycles. The minimum atomic E-state index is -1.21. The summed E-state index contributed by atoms with van der Waals surface area (Å²) in [5, 5.41) is 16.6. The maximum Gasteiger partial charge on any atom is 0.408 e. The number of ether oxygens (including phenoxy) is 1. The topological polar surface area (TPSA) is 158 Å². The van der Waals surface area contributed by atoms with Gasteiger partial charge >= 0.3 is 6.09 Å². The highest BCUT2D eigenvalue weighted by molar-refractivity contribution is 5.90. The Hall–Kier alpha value is -4.94. The van der Waals surface area contributed by atoms with Gasteiger partial charge in [0, 0.05) is 30.5 Å². The first-order valence-corrected chi connectivity index (χ1v) is 18.1. The lowest BCUT2D eigenvalue weighted by molar-refractivity contribution is -0.144. The second-order valence-electron chi connectivity index (χ2n) is 14.1. The molecule has 12 nitrogen and oxygen atoms in total. The van der Waals surface area contributed by atoms with Gasteiger partial charge in [0.15, 0.2) is 0 Å². The third-order valence-corrected chi connectivity index (χ3v) is 9.09. The van der Waals surface area contributed by atoms with Crippen molar-refractivity contribution in [1.29, 1.82) is 0 Å². The summed E-state index contributed by atoms with van der Waals surface area (Å²) in [5.41, 5.74) is 10.8. The SMILES string of the molecule is CCC(C)CN(NC(=O)C[C@@H](O)CCC(C)C)C(=O)[C@H](CC1=CN(C(=O)[C@H](C)N)CN1c1ccc2ccccc2c1)NC(=O)OCc1ccccc1. The smallest absolute Gasteiger partial charge is 0.408 e. The van der Waals surface area contributed by atoms with Gasteiger partial charge in [0.05, 0.1) is 18.6 Å². The van der Waals surface area contributed by atoms with Crippen LogP contribution in [-0.2, 0) is 25.7 Å². The first-order chi connectivity index (χ1) is 24.8. The summed E-state index contributed by atoms with van der Waals surface area (Å²) in [6.07, 6.45) is 1.69. The van der Waals surface area contributed by atoms with E-state index in [1.165, 1.54) is 9.91 Å². The summed E-state index contributed by atoms with van der Waals surface area (Å²) in [4.78, 5) is 57.6. The summed E-state index contributed by atoms with van der Waals surface area (Å²) in [6, 6.07) is 21.0. The van der Waals surface area contributed by atoms with Gasteiger partial charge in [-0.2, -0.15) is 0 Å². The number of rotatable bonds is 16. The number of nitrogens with zero attached hydrogens (tertiary/aromatic N) is 3. The summed E-state index contributed by atoms with van der Waals surface area (Å²) in [5.74, 6) is -1.02. The van der Waals surface area contributed by atoms with Crippen molar-refractivity contribution >= 4 is 40.3 Å². The van der Waals surface area contributed by atoms with Crippen molar-refractivity contribution in [2.45, 2.75) is 91.5 Å². The van der Waals surface area contributed by atoms with Crippen LogP contribution in [0.25, 0.3) is 10.8 Å². The second-order valence-corrected chi connectivity index (χ2v) is 14.1. The van der Waals surface area contributed by atoms with E-state index in [-0.39, 0.29) is 44.5 Å². The number of aliphatic hydroxyl groups excluding tert-OH is 1. The van der Waals surface area contributed by atoms with Crippen LogP contribution in [0.3, 0.4) is 0 Å². The number of hydrazine groups is 1. The molecule has 0 aliphatic carbocycles.